The first kappa shape index (κ1) is 15.2. The monoisotopic (exact) mass is 334 g/mol. The van der Waals surface area contributed by atoms with Crippen LogP contribution in [0.5, 0.6) is 0 Å². The van der Waals surface area contributed by atoms with E-state index in [4.69, 9.17) is 4.74 Å². The summed E-state index contributed by atoms with van der Waals surface area (Å²) in [4.78, 5) is 3.08. The normalized spacial score (nSPS) is 18.3. The molecule has 0 spiro atoms. The Bertz CT molecular complexity index is 882. The number of thiophene rings is 1. The van der Waals surface area contributed by atoms with Crippen molar-refractivity contribution in [2.75, 3.05) is 19.7 Å². The predicted molar refractivity (Wildman–Crippen MR) is 97.0 cm³/mol. The minimum atomic E-state index is -0.0581. The van der Waals surface area contributed by atoms with Crippen molar-refractivity contribution in [2.24, 2.45) is 0 Å². The summed E-state index contributed by atoms with van der Waals surface area (Å²) in [7, 11) is 0. The van der Waals surface area contributed by atoms with Crippen LogP contribution in [-0.4, -0.2) is 24.6 Å². The van der Waals surface area contributed by atoms with E-state index in [9.17, 15) is 5.26 Å². The number of nitrogens with zero attached hydrogens (tertiary/aromatic N) is 2. The number of fused-ring (bicyclic) bond motifs is 3. The predicted octanol–water partition coefficient (Wildman–Crippen LogP) is 4.35. The van der Waals surface area contributed by atoms with Crippen molar-refractivity contribution in [3.05, 3.63) is 70.6 Å². The summed E-state index contributed by atoms with van der Waals surface area (Å²) in [5.41, 5.74) is 2.50. The maximum Gasteiger partial charge on any atom is 0.179 e. The fraction of sp³-hybridized carbons (Fsp3) is 0.250. The standard InChI is InChI=1S/C20H18N2OS/c21-14-22-11-10-17-16-8-4-5-9-18(16)24-20(17)19(23-13-12-22)15-6-2-1-3-7-15/h1-9,19H,10-13H2. The zero-order valence-electron chi connectivity index (χ0n) is 13.3. The second kappa shape index (κ2) is 6.64. The largest absolute Gasteiger partial charge is 0.366 e. The van der Waals surface area contributed by atoms with Crippen molar-refractivity contribution in [3.63, 3.8) is 0 Å². The summed E-state index contributed by atoms with van der Waals surface area (Å²) in [6, 6.07) is 18.9. The second-order valence-corrected chi connectivity index (χ2v) is 7.02. The number of hydrogen-bond donors (Lipinski definition) is 0. The van der Waals surface area contributed by atoms with Crippen LogP contribution in [0.2, 0.25) is 0 Å². The van der Waals surface area contributed by atoms with Gasteiger partial charge in [0.25, 0.3) is 0 Å². The van der Waals surface area contributed by atoms with E-state index in [1.165, 1.54) is 26.1 Å². The van der Waals surface area contributed by atoms with Gasteiger partial charge in [-0.15, -0.1) is 11.3 Å². The fourth-order valence-electron chi connectivity index (χ4n) is 3.28. The van der Waals surface area contributed by atoms with Gasteiger partial charge in [0.15, 0.2) is 6.19 Å². The van der Waals surface area contributed by atoms with Crippen molar-refractivity contribution in [3.8, 4) is 6.19 Å². The molecule has 0 bridgehead atoms. The Morgan fingerprint density at radius 2 is 1.83 bits per heavy atom. The smallest absolute Gasteiger partial charge is 0.179 e. The molecule has 0 N–H and O–H groups in total. The molecule has 0 saturated carbocycles. The van der Waals surface area contributed by atoms with Crippen LogP contribution in [0.3, 0.4) is 0 Å². The van der Waals surface area contributed by atoms with Crippen LogP contribution in [0, 0.1) is 11.5 Å². The highest BCUT2D eigenvalue weighted by Gasteiger charge is 2.24. The Kier molecular flexibility index (Phi) is 4.20. The third-order valence-corrected chi connectivity index (χ3v) is 5.75. The molecule has 1 atom stereocenters. The average Bonchev–Trinajstić information content (AvgIpc) is 3.02. The molecule has 1 aliphatic heterocycles. The highest BCUT2D eigenvalue weighted by Crippen LogP contribution is 2.40. The highest BCUT2D eigenvalue weighted by atomic mass is 32.1. The van der Waals surface area contributed by atoms with E-state index in [2.05, 4.69) is 54.7 Å². The topological polar surface area (TPSA) is 36.3 Å². The van der Waals surface area contributed by atoms with Crippen LogP contribution in [0.1, 0.15) is 22.1 Å². The van der Waals surface area contributed by atoms with Crippen LogP contribution in [0.15, 0.2) is 54.6 Å². The molecular formula is C20H18N2OS. The van der Waals surface area contributed by atoms with Crippen LogP contribution >= 0.6 is 11.3 Å². The lowest BCUT2D eigenvalue weighted by atomic mass is 10.0. The molecule has 1 aliphatic rings. The second-order valence-electron chi connectivity index (χ2n) is 5.94. The van der Waals surface area contributed by atoms with Gasteiger partial charge in [-0.2, -0.15) is 5.26 Å². The zero-order valence-corrected chi connectivity index (χ0v) is 14.1. The summed E-state index contributed by atoms with van der Waals surface area (Å²) in [5, 5.41) is 10.6. The maximum atomic E-state index is 9.32. The van der Waals surface area contributed by atoms with E-state index in [0.717, 1.165) is 13.0 Å². The number of rotatable bonds is 1. The van der Waals surface area contributed by atoms with Gasteiger partial charge in [0.2, 0.25) is 0 Å². The number of ether oxygens (including phenoxy) is 1. The van der Waals surface area contributed by atoms with Crippen molar-refractivity contribution in [1.29, 1.82) is 5.26 Å². The molecule has 1 aromatic heterocycles. The average molecular weight is 334 g/mol. The van der Waals surface area contributed by atoms with Crippen LogP contribution in [0.25, 0.3) is 10.1 Å². The quantitative estimate of drug-likeness (QED) is 0.621. The van der Waals surface area contributed by atoms with E-state index in [1.807, 2.05) is 17.4 Å². The minimum Gasteiger partial charge on any atom is -0.366 e. The third kappa shape index (κ3) is 2.77. The molecule has 24 heavy (non-hydrogen) atoms. The maximum absolute atomic E-state index is 9.32. The van der Waals surface area contributed by atoms with Crippen LogP contribution in [-0.2, 0) is 11.2 Å². The van der Waals surface area contributed by atoms with E-state index < -0.39 is 0 Å². The molecule has 0 aliphatic carbocycles. The lowest BCUT2D eigenvalue weighted by molar-refractivity contribution is 0.0738. The summed E-state index contributed by atoms with van der Waals surface area (Å²) < 4.78 is 7.54. The zero-order chi connectivity index (χ0) is 16.4. The molecule has 2 aromatic carbocycles. The summed E-state index contributed by atoms with van der Waals surface area (Å²) >= 11 is 1.82. The first-order chi connectivity index (χ1) is 11.9. The summed E-state index contributed by atoms with van der Waals surface area (Å²) in [6.45, 7) is 1.95. The molecule has 120 valence electrons. The van der Waals surface area contributed by atoms with Gasteiger partial charge in [-0.1, -0.05) is 48.5 Å². The van der Waals surface area contributed by atoms with Crippen LogP contribution < -0.4 is 0 Å². The first-order valence-corrected chi connectivity index (χ1v) is 9.00. The molecule has 3 nitrogen and oxygen atoms in total. The Morgan fingerprint density at radius 1 is 1.04 bits per heavy atom. The lowest BCUT2D eigenvalue weighted by Crippen LogP contribution is -2.24. The molecule has 2 heterocycles. The van der Waals surface area contributed by atoms with E-state index >= 15 is 0 Å². The van der Waals surface area contributed by atoms with Gasteiger partial charge < -0.3 is 9.64 Å². The van der Waals surface area contributed by atoms with Crippen molar-refractivity contribution >= 4 is 21.4 Å². The van der Waals surface area contributed by atoms with Gasteiger partial charge in [0.1, 0.15) is 6.10 Å². The Morgan fingerprint density at radius 3 is 2.67 bits per heavy atom. The molecule has 0 fully saturated rings. The van der Waals surface area contributed by atoms with Gasteiger partial charge >= 0.3 is 0 Å². The Hall–Kier alpha value is -2.35. The van der Waals surface area contributed by atoms with Gasteiger partial charge in [-0.05, 0) is 29.0 Å². The molecule has 4 rings (SSSR count). The van der Waals surface area contributed by atoms with Gasteiger partial charge in [0, 0.05) is 16.1 Å². The molecule has 0 amide bonds. The van der Waals surface area contributed by atoms with Gasteiger partial charge in [-0.3, -0.25) is 0 Å². The number of hydrogen-bond acceptors (Lipinski definition) is 4. The van der Waals surface area contributed by atoms with Crippen molar-refractivity contribution < 1.29 is 4.74 Å². The van der Waals surface area contributed by atoms with Crippen molar-refractivity contribution in [2.45, 2.75) is 12.5 Å². The molecule has 0 saturated heterocycles. The molecule has 3 aromatic rings. The van der Waals surface area contributed by atoms with Gasteiger partial charge in [0.05, 0.1) is 13.2 Å². The van der Waals surface area contributed by atoms with E-state index in [1.54, 1.807) is 4.90 Å². The van der Waals surface area contributed by atoms with E-state index in [0.29, 0.717) is 13.2 Å². The minimum absolute atomic E-state index is 0.0581. The summed E-state index contributed by atoms with van der Waals surface area (Å²) in [6.07, 6.45) is 3.10. The van der Waals surface area contributed by atoms with Crippen LogP contribution in [0.4, 0.5) is 0 Å². The summed E-state index contributed by atoms with van der Waals surface area (Å²) in [5.74, 6) is 0. The third-order valence-electron chi connectivity index (χ3n) is 4.49. The molecular weight excluding hydrogens is 316 g/mol. The van der Waals surface area contributed by atoms with Crippen molar-refractivity contribution in [1.82, 2.24) is 4.90 Å². The Labute approximate surface area is 145 Å². The molecule has 0 radical (unpaired) electrons. The van der Waals surface area contributed by atoms with E-state index in [-0.39, 0.29) is 6.10 Å². The molecule has 1 unspecified atom stereocenters. The highest BCUT2D eigenvalue weighted by molar-refractivity contribution is 7.19. The molecule has 4 heteroatoms. The fourth-order valence-corrected chi connectivity index (χ4v) is 4.61. The lowest BCUT2D eigenvalue weighted by Gasteiger charge is -2.18. The first-order valence-electron chi connectivity index (χ1n) is 8.18. The SMILES string of the molecule is N#CN1CCOC(c2ccccc2)c2sc3ccccc3c2CC1. The number of benzene rings is 2. The Balaban J connectivity index is 1.86. The number of nitriles is 1. The van der Waals surface area contributed by atoms with Gasteiger partial charge in [-0.25, -0.2) is 0 Å².